The van der Waals surface area contributed by atoms with E-state index in [4.69, 9.17) is 18.9 Å². The minimum absolute atomic E-state index is 0.0609. The van der Waals surface area contributed by atoms with Gasteiger partial charge >= 0.3 is 5.97 Å². The Morgan fingerprint density at radius 2 is 1.58 bits per heavy atom. The Labute approximate surface area is 158 Å². The molecule has 0 N–H and O–H groups in total. The van der Waals surface area contributed by atoms with Gasteiger partial charge in [-0.25, -0.2) is 0 Å². The van der Waals surface area contributed by atoms with Crippen molar-refractivity contribution in [3.05, 3.63) is 25.3 Å². The number of hydrogen-bond acceptors (Lipinski definition) is 6. The average Bonchev–Trinajstić information content (AvgIpc) is 2.54. The lowest BCUT2D eigenvalue weighted by molar-refractivity contribution is -0.160. The van der Waals surface area contributed by atoms with Crippen LogP contribution in [-0.2, 0) is 28.5 Å². The van der Waals surface area contributed by atoms with E-state index >= 15 is 0 Å². The van der Waals surface area contributed by atoms with Gasteiger partial charge in [0.15, 0.2) is 5.78 Å². The average molecular weight is 373 g/mol. The maximum Gasteiger partial charge on any atom is 0.313 e. The van der Waals surface area contributed by atoms with Gasteiger partial charge in [-0.05, 0) is 32.3 Å². The summed E-state index contributed by atoms with van der Waals surface area (Å²) in [6.45, 7) is 20.4. The predicted octanol–water partition coefficient (Wildman–Crippen LogP) is 3.56. The van der Waals surface area contributed by atoms with Crippen LogP contribution in [0.1, 0.15) is 41.5 Å². The molecule has 0 saturated heterocycles. The zero-order chi connectivity index (χ0) is 20.6. The first-order chi connectivity index (χ1) is 12.0. The fourth-order valence-electron chi connectivity index (χ4n) is 1.39. The van der Waals surface area contributed by atoms with E-state index < -0.39 is 5.41 Å². The predicted molar refractivity (Wildman–Crippen MR) is 103 cm³/mol. The number of hydrogen-bond donors (Lipinski definition) is 0. The van der Waals surface area contributed by atoms with Crippen LogP contribution in [0.2, 0.25) is 0 Å². The molecule has 0 aromatic heterocycles. The van der Waals surface area contributed by atoms with Crippen LogP contribution in [0, 0.1) is 10.8 Å². The smallest absolute Gasteiger partial charge is 0.313 e. The Kier molecular flexibility index (Phi) is 15.1. The summed E-state index contributed by atoms with van der Waals surface area (Å²) in [5.41, 5.74) is -0.505. The van der Waals surface area contributed by atoms with E-state index in [-0.39, 0.29) is 37.2 Å². The summed E-state index contributed by atoms with van der Waals surface area (Å²) in [6.07, 6.45) is 2.92. The topological polar surface area (TPSA) is 71.1 Å². The largest absolute Gasteiger partial charge is 0.466 e. The van der Waals surface area contributed by atoms with Crippen LogP contribution in [-0.4, -0.2) is 51.6 Å². The molecule has 0 amide bonds. The summed E-state index contributed by atoms with van der Waals surface area (Å²) < 4.78 is 20.3. The SMILES string of the molecule is C=CC(=O)COCC(C)(C)C.C=CCOCOCC(C)(C)C(=O)OCC. The summed E-state index contributed by atoms with van der Waals surface area (Å²) in [4.78, 5) is 22.1. The molecule has 6 nitrogen and oxygen atoms in total. The molecular formula is C20H36O6. The lowest BCUT2D eigenvalue weighted by atomic mass is 9.95. The maximum atomic E-state index is 11.4. The molecule has 0 fully saturated rings. The second-order valence-corrected chi connectivity index (χ2v) is 7.45. The fourth-order valence-corrected chi connectivity index (χ4v) is 1.39. The Morgan fingerprint density at radius 1 is 0.962 bits per heavy atom. The molecule has 0 spiro atoms. The number of esters is 1. The summed E-state index contributed by atoms with van der Waals surface area (Å²) in [5.74, 6) is -0.317. The van der Waals surface area contributed by atoms with Crippen LogP contribution in [0.5, 0.6) is 0 Å². The monoisotopic (exact) mass is 372 g/mol. The van der Waals surface area contributed by atoms with Crippen molar-refractivity contribution in [1.29, 1.82) is 0 Å². The van der Waals surface area contributed by atoms with Gasteiger partial charge in [0, 0.05) is 0 Å². The molecule has 6 heteroatoms. The lowest BCUT2D eigenvalue weighted by Gasteiger charge is -2.21. The molecule has 0 aliphatic heterocycles. The van der Waals surface area contributed by atoms with E-state index in [1.165, 1.54) is 6.08 Å². The first-order valence-corrected chi connectivity index (χ1v) is 8.66. The summed E-state index contributed by atoms with van der Waals surface area (Å²) in [7, 11) is 0. The van der Waals surface area contributed by atoms with Crippen LogP contribution in [0.3, 0.4) is 0 Å². The van der Waals surface area contributed by atoms with Crippen molar-refractivity contribution in [3.8, 4) is 0 Å². The molecule has 0 unspecified atom stereocenters. The van der Waals surface area contributed by atoms with Gasteiger partial charge in [-0.1, -0.05) is 33.4 Å². The molecule has 152 valence electrons. The molecule has 0 aliphatic carbocycles. The summed E-state index contributed by atoms with van der Waals surface area (Å²) in [6, 6.07) is 0. The highest BCUT2D eigenvalue weighted by atomic mass is 16.7. The van der Waals surface area contributed by atoms with Gasteiger partial charge in [-0.2, -0.15) is 0 Å². The number of ether oxygens (including phenoxy) is 4. The molecular weight excluding hydrogens is 336 g/mol. The van der Waals surface area contributed by atoms with Crippen LogP contribution in [0.15, 0.2) is 25.3 Å². The van der Waals surface area contributed by atoms with Crippen LogP contribution >= 0.6 is 0 Å². The second-order valence-electron chi connectivity index (χ2n) is 7.45. The van der Waals surface area contributed by atoms with Crippen LogP contribution in [0.4, 0.5) is 0 Å². The van der Waals surface area contributed by atoms with Gasteiger partial charge in [0.25, 0.3) is 0 Å². The van der Waals surface area contributed by atoms with E-state index in [2.05, 4.69) is 33.9 Å². The van der Waals surface area contributed by atoms with Gasteiger partial charge in [-0.15, -0.1) is 6.58 Å². The van der Waals surface area contributed by atoms with Crippen molar-refractivity contribution in [2.45, 2.75) is 41.5 Å². The van der Waals surface area contributed by atoms with E-state index in [1.807, 2.05) is 0 Å². The van der Waals surface area contributed by atoms with Crippen LogP contribution < -0.4 is 0 Å². The Balaban J connectivity index is 0. The third-order valence-corrected chi connectivity index (χ3v) is 2.70. The first kappa shape index (κ1) is 26.7. The van der Waals surface area contributed by atoms with Crippen molar-refractivity contribution >= 4 is 11.8 Å². The van der Waals surface area contributed by atoms with Crippen molar-refractivity contribution in [3.63, 3.8) is 0 Å². The highest BCUT2D eigenvalue weighted by Gasteiger charge is 2.29. The molecule has 0 radical (unpaired) electrons. The van der Waals surface area contributed by atoms with Crippen molar-refractivity contribution in [2.24, 2.45) is 10.8 Å². The molecule has 0 atom stereocenters. The molecule has 0 rings (SSSR count). The number of rotatable bonds is 12. The van der Waals surface area contributed by atoms with Crippen LogP contribution in [0.25, 0.3) is 0 Å². The quantitative estimate of drug-likeness (QED) is 0.171. The minimum Gasteiger partial charge on any atom is -0.466 e. The van der Waals surface area contributed by atoms with Crippen molar-refractivity contribution in [2.75, 3.05) is 39.8 Å². The van der Waals surface area contributed by atoms with E-state index in [1.54, 1.807) is 26.8 Å². The third kappa shape index (κ3) is 17.3. The van der Waals surface area contributed by atoms with E-state index in [9.17, 15) is 9.59 Å². The van der Waals surface area contributed by atoms with E-state index in [0.29, 0.717) is 19.8 Å². The second kappa shape index (κ2) is 14.6. The van der Waals surface area contributed by atoms with Gasteiger partial charge < -0.3 is 18.9 Å². The normalized spacial score (nSPS) is 11.2. The zero-order valence-electron chi connectivity index (χ0n) is 17.3. The van der Waals surface area contributed by atoms with Gasteiger partial charge in [0.1, 0.15) is 13.4 Å². The molecule has 0 aliphatic rings. The van der Waals surface area contributed by atoms with Crippen molar-refractivity contribution < 1.29 is 28.5 Å². The Hall–Kier alpha value is -1.50. The summed E-state index contributed by atoms with van der Waals surface area (Å²) >= 11 is 0. The molecule has 26 heavy (non-hydrogen) atoms. The molecule has 0 aromatic rings. The minimum atomic E-state index is -0.631. The number of carbonyl (C=O) groups excluding carboxylic acids is 2. The molecule has 0 bridgehead atoms. The number of carbonyl (C=O) groups is 2. The zero-order valence-corrected chi connectivity index (χ0v) is 17.3. The Morgan fingerprint density at radius 3 is 2.04 bits per heavy atom. The van der Waals surface area contributed by atoms with Gasteiger partial charge in [0.05, 0.1) is 31.8 Å². The standard InChI is InChI=1S/C11H20O4.C9H16O2/c1-5-7-13-9-14-8-11(3,4)10(12)15-6-2;1-5-8(10)6-11-7-9(2,3)4/h5H,1,6-9H2,2-4H3;5H,1,6-7H2,2-4H3. The van der Waals surface area contributed by atoms with E-state index in [0.717, 1.165) is 0 Å². The highest BCUT2D eigenvalue weighted by molar-refractivity contribution is 5.90. The Bertz CT molecular complexity index is 421. The lowest BCUT2D eigenvalue weighted by Crippen LogP contribution is -2.32. The molecule has 0 saturated carbocycles. The molecule has 0 heterocycles. The van der Waals surface area contributed by atoms with Gasteiger partial charge in [0.2, 0.25) is 0 Å². The number of ketones is 1. The summed E-state index contributed by atoms with van der Waals surface area (Å²) in [5, 5.41) is 0. The maximum absolute atomic E-state index is 11.4. The fraction of sp³-hybridized carbons (Fsp3) is 0.700. The van der Waals surface area contributed by atoms with Gasteiger partial charge in [-0.3, -0.25) is 9.59 Å². The highest BCUT2D eigenvalue weighted by Crippen LogP contribution is 2.17. The third-order valence-electron chi connectivity index (χ3n) is 2.70. The molecule has 0 aromatic carbocycles. The van der Waals surface area contributed by atoms with Crippen molar-refractivity contribution in [1.82, 2.24) is 0 Å². The first-order valence-electron chi connectivity index (χ1n) is 8.66.